The predicted octanol–water partition coefficient (Wildman–Crippen LogP) is 8.39. The van der Waals surface area contributed by atoms with Gasteiger partial charge in [0.1, 0.15) is 0 Å². The van der Waals surface area contributed by atoms with Gasteiger partial charge in [0.15, 0.2) is 0 Å². The third-order valence-electron chi connectivity index (χ3n) is 7.83. The quantitative estimate of drug-likeness (QED) is 0.236. The Balaban J connectivity index is 1.42. The Labute approximate surface area is 226 Å². The van der Waals surface area contributed by atoms with Gasteiger partial charge in [-0.15, -0.1) is 6.58 Å². The van der Waals surface area contributed by atoms with Gasteiger partial charge in [0, 0.05) is 8.07 Å². The Morgan fingerprint density at radius 3 is 2.25 bits per heavy atom. The highest BCUT2D eigenvalue weighted by molar-refractivity contribution is 6.77. The van der Waals surface area contributed by atoms with Crippen molar-refractivity contribution in [1.82, 2.24) is 15.0 Å². The van der Waals surface area contributed by atoms with Gasteiger partial charge in [-0.3, -0.25) is 0 Å². The first-order chi connectivity index (χ1) is 17.2. The zero-order valence-electron chi connectivity index (χ0n) is 21.5. The standard InChI is InChI=1S/C29H37Cl2N3OSi/c1-5-20-15-23(25(16-20)19-35-29-33-27(30)32-28(31)34-29)13-12-22-17-24(26(18-22)36(2,3)4)14-11-21-9-7-6-8-10-21/h5-14,20,22-26H,1,15-19H2,2-4H3/b13-12+,14-11+/t20-,22?,23?,24?,25?,26?/m1/s1. The molecule has 1 aromatic carbocycles. The van der Waals surface area contributed by atoms with Crippen molar-refractivity contribution in [2.75, 3.05) is 6.61 Å². The predicted molar refractivity (Wildman–Crippen MR) is 153 cm³/mol. The minimum Gasteiger partial charge on any atom is -0.463 e. The molecule has 1 heterocycles. The monoisotopic (exact) mass is 541 g/mol. The second-order valence-corrected chi connectivity index (χ2v) is 17.5. The highest BCUT2D eigenvalue weighted by atomic mass is 35.5. The molecule has 36 heavy (non-hydrogen) atoms. The Morgan fingerprint density at radius 1 is 0.889 bits per heavy atom. The average molecular weight is 543 g/mol. The zero-order chi connectivity index (χ0) is 25.7. The summed E-state index contributed by atoms with van der Waals surface area (Å²) >= 11 is 11.8. The maximum Gasteiger partial charge on any atom is 0.322 e. The van der Waals surface area contributed by atoms with E-state index in [1.165, 1.54) is 18.4 Å². The third kappa shape index (κ3) is 7.30. The van der Waals surface area contributed by atoms with Crippen LogP contribution in [0.25, 0.3) is 6.08 Å². The van der Waals surface area contributed by atoms with E-state index in [4.69, 9.17) is 27.9 Å². The smallest absolute Gasteiger partial charge is 0.322 e. The van der Waals surface area contributed by atoms with E-state index in [2.05, 4.69) is 102 Å². The summed E-state index contributed by atoms with van der Waals surface area (Å²) in [5.41, 5.74) is 2.09. The SMILES string of the molecule is C=C[C@@H]1CC(/C=C/C2CC(/C=C/c3ccccc3)C([Si](C)(C)C)C2)C(COc2nc(Cl)nc(Cl)n2)C1. The number of hydrogen-bond acceptors (Lipinski definition) is 4. The summed E-state index contributed by atoms with van der Waals surface area (Å²) in [5, 5.41) is 0.0942. The highest BCUT2D eigenvalue weighted by Gasteiger charge is 2.40. The van der Waals surface area contributed by atoms with Gasteiger partial charge in [-0.25, -0.2) is 0 Å². The lowest BCUT2D eigenvalue weighted by molar-refractivity contribution is 0.214. The van der Waals surface area contributed by atoms with Crippen LogP contribution in [0.1, 0.15) is 31.2 Å². The summed E-state index contributed by atoms with van der Waals surface area (Å²) in [6, 6.07) is 10.8. The van der Waals surface area contributed by atoms with Crippen molar-refractivity contribution in [2.45, 2.75) is 50.9 Å². The van der Waals surface area contributed by atoms with Crippen LogP contribution >= 0.6 is 23.2 Å². The zero-order valence-corrected chi connectivity index (χ0v) is 24.0. The second kappa shape index (κ2) is 12.1. The molecule has 2 aliphatic rings. The van der Waals surface area contributed by atoms with E-state index in [1.807, 2.05) is 0 Å². The van der Waals surface area contributed by atoms with Crippen molar-refractivity contribution in [3.8, 4) is 6.01 Å². The highest BCUT2D eigenvalue weighted by Crippen LogP contribution is 2.48. The Morgan fingerprint density at radius 2 is 1.58 bits per heavy atom. The lowest BCUT2D eigenvalue weighted by atomic mass is 9.94. The molecule has 4 rings (SSSR count). The van der Waals surface area contributed by atoms with Crippen LogP contribution in [0.3, 0.4) is 0 Å². The minimum absolute atomic E-state index is 0.0471. The van der Waals surface area contributed by atoms with Crippen LogP contribution < -0.4 is 4.74 Å². The molecule has 0 bridgehead atoms. The van der Waals surface area contributed by atoms with Gasteiger partial charge in [-0.05, 0) is 89.6 Å². The molecule has 0 radical (unpaired) electrons. The Kier molecular flexibility index (Phi) is 9.08. The van der Waals surface area contributed by atoms with Gasteiger partial charge >= 0.3 is 6.01 Å². The number of rotatable bonds is 9. The van der Waals surface area contributed by atoms with E-state index in [1.54, 1.807) is 0 Å². The number of allylic oxidation sites excluding steroid dienone is 4. The molecule has 0 spiro atoms. The minimum atomic E-state index is -1.28. The molecule has 2 fully saturated rings. The fourth-order valence-corrected chi connectivity index (χ4v) is 8.84. The van der Waals surface area contributed by atoms with Crippen molar-refractivity contribution in [3.63, 3.8) is 0 Å². The molecule has 7 heteroatoms. The van der Waals surface area contributed by atoms with Crippen molar-refractivity contribution < 1.29 is 4.74 Å². The van der Waals surface area contributed by atoms with Gasteiger partial charge in [0.25, 0.3) is 0 Å². The molecular weight excluding hydrogens is 505 g/mol. The van der Waals surface area contributed by atoms with Crippen LogP contribution in [-0.4, -0.2) is 29.6 Å². The van der Waals surface area contributed by atoms with E-state index in [-0.39, 0.29) is 16.6 Å². The number of halogens is 2. The van der Waals surface area contributed by atoms with Gasteiger partial charge < -0.3 is 4.74 Å². The van der Waals surface area contributed by atoms with Crippen molar-refractivity contribution >= 4 is 37.4 Å². The maximum absolute atomic E-state index is 5.90. The second-order valence-electron chi connectivity index (χ2n) is 11.4. The van der Waals surface area contributed by atoms with Crippen molar-refractivity contribution in [2.24, 2.45) is 29.6 Å². The van der Waals surface area contributed by atoms with Crippen LogP contribution in [0.15, 0.2) is 61.2 Å². The Hall–Kier alpha value is -1.95. The van der Waals surface area contributed by atoms with E-state index >= 15 is 0 Å². The molecule has 2 aliphatic carbocycles. The fourth-order valence-electron chi connectivity index (χ4n) is 5.95. The lowest BCUT2D eigenvalue weighted by Gasteiger charge is -2.29. The lowest BCUT2D eigenvalue weighted by Crippen LogP contribution is -2.30. The molecule has 0 aliphatic heterocycles. The van der Waals surface area contributed by atoms with Crippen LogP contribution in [0.2, 0.25) is 35.7 Å². The molecule has 5 unspecified atom stereocenters. The number of nitrogens with zero attached hydrogens (tertiary/aromatic N) is 3. The molecule has 4 nitrogen and oxygen atoms in total. The van der Waals surface area contributed by atoms with Crippen LogP contribution in [0, 0.1) is 29.6 Å². The average Bonchev–Trinajstić information content (AvgIpc) is 3.44. The van der Waals surface area contributed by atoms with Crippen molar-refractivity contribution in [3.05, 3.63) is 77.3 Å². The van der Waals surface area contributed by atoms with Crippen LogP contribution in [0.5, 0.6) is 6.01 Å². The number of ether oxygens (including phenoxy) is 1. The van der Waals surface area contributed by atoms with Gasteiger partial charge in [0.05, 0.1) is 6.61 Å². The normalized spacial score (nSPS) is 28.8. The summed E-state index contributed by atoms with van der Waals surface area (Å²) in [6.07, 6.45) is 16.5. The molecule has 0 N–H and O–H groups in total. The first-order valence-electron chi connectivity index (χ1n) is 12.9. The van der Waals surface area contributed by atoms with Gasteiger partial charge in [-0.2, -0.15) is 15.0 Å². The van der Waals surface area contributed by atoms with E-state index < -0.39 is 8.07 Å². The molecule has 0 saturated heterocycles. The van der Waals surface area contributed by atoms with Crippen LogP contribution in [0.4, 0.5) is 0 Å². The molecule has 6 atom stereocenters. The van der Waals surface area contributed by atoms with Crippen LogP contribution in [-0.2, 0) is 0 Å². The number of aromatic nitrogens is 3. The first-order valence-corrected chi connectivity index (χ1v) is 17.3. The summed E-state index contributed by atoms with van der Waals surface area (Å²) in [5.74, 6) is 2.59. The molecule has 192 valence electrons. The van der Waals surface area contributed by atoms with E-state index in [0.717, 1.165) is 18.4 Å². The first kappa shape index (κ1) is 27.1. The van der Waals surface area contributed by atoms with E-state index in [0.29, 0.717) is 36.2 Å². The largest absolute Gasteiger partial charge is 0.463 e. The van der Waals surface area contributed by atoms with Gasteiger partial charge in [-0.1, -0.05) is 80.4 Å². The molecular formula is C29H37Cl2N3OSi. The molecule has 1 aromatic heterocycles. The number of benzene rings is 1. The van der Waals surface area contributed by atoms with Crippen molar-refractivity contribution in [1.29, 1.82) is 0 Å². The Bertz CT molecular complexity index is 1070. The summed E-state index contributed by atoms with van der Waals surface area (Å²) in [6.45, 7) is 12.1. The van der Waals surface area contributed by atoms with E-state index in [9.17, 15) is 0 Å². The summed E-state index contributed by atoms with van der Waals surface area (Å²) in [7, 11) is -1.28. The molecule has 0 amide bonds. The maximum atomic E-state index is 5.90. The van der Waals surface area contributed by atoms with Gasteiger partial charge in [0.2, 0.25) is 10.6 Å². The fraction of sp³-hybridized carbons (Fsp3) is 0.483. The number of hydrogen-bond donors (Lipinski definition) is 0. The summed E-state index contributed by atoms with van der Waals surface area (Å²) < 4.78 is 5.90. The third-order valence-corrected chi connectivity index (χ3v) is 11.1. The summed E-state index contributed by atoms with van der Waals surface area (Å²) in [4.78, 5) is 11.9. The molecule has 2 saturated carbocycles. The topological polar surface area (TPSA) is 47.9 Å². The molecule has 2 aromatic rings.